The van der Waals surface area contributed by atoms with E-state index in [0.29, 0.717) is 10.6 Å². The molecule has 2 N–H and O–H groups in total. The SMILES string of the molecule is N=c1sc(C2=c3ccccc3=NC2=O)c(O)n1-c1cccc(C(F)(F)F)c1. The van der Waals surface area contributed by atoms with Gasteiger partial charge in [-0.15, -0.1) is 0 Å². The molecule has 9 heteroatoms. The number of halogens is 3. The lowest BCUT2D eigenvalue weighted by atomic mass is 10.1. The lowest BCUT2D eigenvalue weighted by Crippen LogP contribution is -2.22. The second-order valence-corrected chi connectivity index (χ2v) is 6.75. The number of aromatic hydroxyl groups is 1. The monoisotopic (exact) mass is 389 g/mol. The molecule has 2 heterocycles. The number of thiazole rings is 1. The first-order chi connectivity index (χ1) is 12.8. The van der Waals surface area contributed by atoms with E-state index in [2.05, 4.69) is 4.99 Å². The van der Waals surface area contributed by atoms with Crippen molar-refractivity contribution >= 4 is 22.8 Å². The van der Waals surface area contributed by atoms with Crippen molar-refractivity contribution in [2.24, 2.45) is 4.99 Å². The van der Waals surface area contributed by atoms with Gasteiger partial charge in [0.25, 0.3) is 5.91 Å². The first-order valence-electron chi connectivity index (χ1n) is 7.67. The van der Waals surface area contributed by atoms with Crippen LogP contribution in [0.15, 0.2) is 53.5 Å². The predicted octanol–water partition coefficient (Wildman–Crippen LogP) is 2.10. The van der Waals surface area contributed by atoms with Crippen LogP contribution in [0.4, 0.5) is 13.2 Å². The van der Waals surface area contributed by atoms with Crippen LogP contribution in [0.1, 0.15) is 10.4 Å². The quantitative estimate of drug-likeness (QED) is 0.704. The van der Waals surface area contributed by atoms with Crippen LogP contribution in [-0.2, 0) is 11.0 Å². The zero-order chi connectivity index (χ0) is 19.3. The van der Waals surface area contributed by atoms with Gasteiger partial charge in [0.15, 0.2) is 4.80 Å². The molecular weight excluding hydrogens is 379 g/mol. The van der Waals surface area contributed by atoms with E-state index in [1.807, 2.05) is 0 Å². The molecule has 1 aromatic heterocycles. The number of alkyl halides is 3. The average molecular weight is 389 g/mol. The van der Waals surface area contributed by atoms with Crippen LogP contribution < -0.4 is 15.4 Å². The molecule has 0 aliphatic carbocycles. The largest absolute Gasteiger partial charge is 0.493 e. The molecule has 0 radical (unpaired) electrons. The molecule has 0 atom stereocenters. The van der Waals surface area contributed by atoms with E-state index in [0.717, 1.165) is 28.0 Å². The Morgan fingerprint density at radius 2 is 1.85 bits per heavy atom. The minimum absolute atomic E-state index is 0.0221. The molecule has 4 rings (SSSR count). The minimum Gasteiger partial charge on any atom is -0.493 e. The van der Waals surface area contributed by atoms with Crippen molar-refractivity contribution in [1.29, 1.82) is 5.41 Å². The molecule has 5 nitrogen and oxygen atoms in total. The summed E-state index contributed by atoms with van der Waals surface area (Å²) in [5.41, 5.74) is -0.789. The maximum absolute atomic E-state index is 13.0. The van der Waals surface area contributed by atoms with Gasteiger partial charge in [0, 0.05) is 5.22 Å². The van der Waals surface area contributed by atoms with Crippen molar-refractivity contribution in [3.63, 3.8) is 0 Å². The third kappa shape index (κ3) is 2.76. The third-order valence-corrected chi connectivity index (χ3v) is 5.05. The number of fused-ring (bicyclic) bond motifs is 1. The van der Waals surface area contributed by atoms with E-state index >= 15 is 0 Å². The van der Waals surface area contributed by atoms with Gasteiger partial charge in [-0.2, -0.15) is 13.2 Å². The summed E-state index contributed by atoms with van der Waals surface area (Å²) in [6.45, 7) is 0. The van der Waals surface area contributed by atoms with Gasteiger partial charge in [-0.1, -0.05) is 35.6 Å². The Hall–Kier alpha value is -3.20. The standard InChI is InChI=1S/C18H10F3N3O2S/c19-18(20,21)9-4-3-5-10(8-9)24-16(26)14(27-17(24)22)13-11-6-1-2-7-12(11)23-15(13)25/h1-8,22,26H. The maximum atomic E-state index is 13.0. The molecule has 0 spiro atoms. The molecule has 136 valence electrons. The number of nitrogens with one attached hydrogen (secondary N) is 1. The van der Waals surface area contributed by atoms with Gasteiger partial charge in [-0.25, -0.2) is 4.99 Å². The smallest absolute Gasteiger partial charge is 0.416 e. The number of amides is 1. The van der Waals surface area contributed by atoms with Crippen molar-refractivity contribution in [2.45, 2.75) is 6.18 Å². The minimum atomic E-state index is -4.55. The molecule has 0 saturated carbocycles. The third-order valence-electron chi connectivity index (χ3n) is 4.08. The molecule has 0 unspecified atom stereocenters. The summed E-state index contributed by atoms with van der Waals surface area (Å²) in [4.78, 5) is 16.1. The van der Waals surface area contributed by atoms with E-state index in [9.17, 15) is 23.1 Å². The molecular formula is C18H10F3N3O2S. The molecule has 1 aliphatic rings. The van der Waals surface area contributed by atoms with Crippen molar-refractivity contribution in [3.05, 3.63) is 74.3 Å². The molecule has 0 bridgehead atoms. The maximum Gasteiger partial charge on any atom is 0.416 e. The van der Waals surface area contributed by atoms with Crippen molar-refractivity contribution in [2.75, 3.05) is 0 Å². The van der Waals surface area contributed by atoms with Crippen molar-refractivity contribution < 1.29 is 23.1 Å². The molecule has 0 saturated heterocycles. The van der Waals surface area contributed by atoms with Crippen LogP contribution >= 0.6 is 11.3 Å². The molecule has 27 heavy (non-hydrogen) atoms. The number of aromatic nitrogens is 1. The van der Waals surface area contributed by atoms with Crippen molar-refractivity contribution in [1.82, 2.24) is 4.57 Å². The van der Waals surface area contributed by atoms with Gasteiger partial charge in [0.05, 0.1) is 22.2 Å². The lowest BCUT2D eigenvalue weighted by molar-refractivity contribution is -0.137. The Balaban J connectivity index is 1.95. The second-order valence-electron chi connectivity index (χ2n) is 5.75. The summed E-state index contributed by atoms with van der Waals surface area (Å²) in [6, 6.07) is 11.0. The van der Waals surface area contributed by atoms with Crippen molar-refractivity contribution in [3.8, 4) is 11.6 Å². The summed E-state index contributed by atoms with van der Waals surface area (Å²) < 4.78 is 39.9. The molecule has 2 aromatic carbocycles. The summed E-state index contributed by atoms with van der Waals surface area (Å²) >= 11 is 0.794. The number of rotatable bonds is 2. The number of carbonyl (C=O) groups excluding carboxylic acids is 1. The zero-order valence-corrected chi connectivity index (χ0v) is 14.2. The first kappa shape index (κ1) is 17.2. The highest BCUT2D eigenvalue weighted by molar-refractivity contribution is 7.11. The summed E-state index contributed by atoms with van der Waals surface area (Å²) in [7, 11) is 0. The van der Waals surface area contributed by atoms with Gasteiger partial charge in [0.1, 0.15) is 4.88 Å². The number of nitrogens with zero attached hydrogens (tertiary/aromatic N) is 2. The van der Waals surface area contributed by atoms with Crippen LogP contribution in [0.3, 0.4) is 0 Å². The predicted molar refractivity (Wildman–Crippen MR) is 90.9 cm³/mol. The average Bonchev–Trinajstić information content (AvgIpc) is 3.09. The Morgan fingerprint density at radius 3 is 2.59 bits per heavy atom. The van der Waals surface area contributed by atoms with E-state index < -0.39 is 23.5 Å². The highest BCUT2D eigenvalue weighted by Crippen LogP contribution is 2.33. The fourth-order valence-electron chi connectivity index (χ4n) is 2.89. The second kappa shape index (κ2) is 5.92. The van der Waals surface area contributed by atoms with Gasteiger partial charge in [-0.05, 0) is 24.3 Å². The summed E-state index contributed by atoms with van der Waals surface area (Å²) in [5, 5.41) is 19.7. The normalized spacial score (nSPS) is 13.6. The topological polar surface area (TPSA) is 78.4 Å². The van der Waals surface area contributed by atoms with Gasteiger partial charge < -0.3 is 5.11 Å². The van der Waals surface area contributed by atoms with Crippen LogP contribution in [0.25, 0.3) is 11.3 Å². The lowest BCUT2D eigenvalue weighted by Gasteiger charge is -2.10. The van der Waals surface area contributed by atoms with E-state index in [4.69, 9.17) is 5.41 Å². The number of benzene rings is 2. The fraction of sp³-hybridized carbons (Fsp3) is 0.0556. The van der Waals surface area contributed by atoms with Gasteiger partial charge in [-0.3, -0.25) is 14.8 Å². The molecule has 0 fully saturated rings. The summed E-state index contributed by atoms with van der Waals surface area (Å²) in [5.74, 6) is -1.04. The Morgan fingerprint density at radius 1 is 1.11 bits per heavy atom. The summed E-state index contributed by atoms with van der Waals surface area (Å²) in [6.07, 6.45) is -4.55. The Bertz CT molecular complexity index is 1270. The van der Waals surface area contributed by atoms with E-state index in [-0.39, 0.29) is 20.9 Å². The van der Waals surface area contributed by atoms with Gasteiger partial charge in [0.2, 0.25) is 5.88 Å². The van der Waals surface area contributed by atoms with E-state index in [1.165, 1.54) is 12.1 Å². The number of para-hydroxylation sites is 1. The zero-order valence-electron chi connectivity index (χ0n) is 13.4. The number of hydrogen-bond acceptors (Lipinski definition) is 4. The van der Waals surface area contributed by atoms with Gasteiger partial charge >= 0.3 is 6.18 Å². The van der Waals surface area contributed by atoms with Crippen LogP contribution in [-0.4, -0.2) is 15.6 Å². The first-order valence-corrected chi connectivity index (χ1v) is 8.49. The van der Waals surface area contributed by atoms with Crippen LogP contribution in [0, 0.1) is 5.41 Å². The number of hydrogen-bond donors (Lipinski definition) is 2. The molecule has 3 aromatic rings. The highest BCUT2D eigenvalue weighted by atomic mass is 32.1. The highest BCUT2D eigenvalue weighted by Gasteiger charge is 2.31. The van der Waals surface area contributed by atoms with E-state index in [1.54, 1.807) is 24.3 Å². The van der Waals surface area contributed by atoms with Crippen LogP contribution in [0.5, 0.6) is 5.88 Å². The molecule has 1 amide bonds. The van der Waals surface area contributed by atoms with Crippen LogP contribution in [0.2, 0.25) is 0 Å². The fourth-order valence-corrected chi connectivity index (χ4v) is 3.85. The molecule has 1 aliphatic heterocycles. The Labute approximate surface area is 153 Å². The number of carbonyl (C=O) groups is 1. The Kier molecular flexibility index (Phi) is 3.77.